The molecular formula is C13H15BrN2O2S2. The Kier molecular flexibility index (Phi) is 4.85. The molecule has 2 rings (SSSR count). The minimum atomic E-state index is -3.59. The van der Waals surface area contributed by atoms with Gasteiger partial charge in [0, 0.05) is 15.0 Å². The smallest absolute Gasteiger partial charge is 0.242 e. The van der Waals surface area contributed by atoms with Gasteiger partial charge in [0.1, 0.15) is 0 Å². The van der Waals surface area contributed by atoms with Crippen molar-refractivity contribution in [1.29, 1.82) is 0 Å². The molecule has 108 valence electrons. The fraction of sp³-hybridized carbons (Fsp3) is 0.231. The maximum Gasteiger partial charge on any atom is 0.242 e. The average Bonchev–Trinajstić information content (AvgIpc) is 2.89. The van der Waals surface area contributed by atoms with Crippen molar-refractivity contribution in [3.8, 4) is 0 Å². The van der Waals surface area contributed by atoms with Crippen molar-refractivity contribution in [2.24, 2.45) is 0 Å². The standard InChI is InChI=1S/C13H15BrN2O2S2/c1-2-11(12-4-3-7-19-12)16-20(17,18)13-6-5-9(15)8-10(13)14/h3-8,11,16H,2,15H2,1H3. The van der Waals surface area contributed by atoms with E-state index in [2.05, 4.69) is 20.7 Å². The van der Waals surface area contributed by atoms with Crippen molar-refractivity contribution >= 4 is 43.0 Å². The predicted molar refractivity (Wildman–Crippen MR) is 86.2 cm³/mol. The molecule has 0 saturated carbocycles. The van der Waals surface area contributed by atoms with Gasteiger partial charge in [-0.2, -0.15) is 0 Å². The van der Waals surface area contributed by atoms with Gasteiger partial charge in [0.25, 0.3) is 0 Å². The molecule has 0 spiro atoms. The number of hydrogen-bond acceptors (Lipinski definition) is 4. The van der Waals surface area contributed by atoms with E-state index in [0.717, 1.165) is 4.88 Å². The van der Waals surface area contributed by atoms with Gasteiger partial charge >= 0.3 is 0 Å². The molecule has 1 aromatic heterocycles. The van der Waals surface area contributed by atoms with Crippen LogP contribution < -0.4 is 10.5 Å². The Morgan fingerprint density at radius 1 is 1.40 bits per heavy atom. The highest BCUT2D eigenvalue weighted by Gasteiger charge is 2.22. The molecule has 0 fully saturated rings. The molecular weight excluding hydrogens is 360 g/mol. The lowest BCUT2D eigenvalue weighted by molar-refractivity contribution is 0.553. The summed E-state index contributed by atoms with van der Waals surface area (Å²) < 4.78 is 28.1. The van der Waals surface area contributed by atoms with E-state index in [0.29, 0.717) is 16.6 Å². The minimum absolute atomic E-state index is 0.196. The monoisotopic (exact) mass is 374 g/mol. The lowest BCUT2D eigenvalue weighted by atomic mass is 10.2. The number of nitrogens with one attached hydrogen (secondary N) is 1. The van der Waals surface area contributed by atoms with Crippen LogP contribution in [-0.2, 0) is 10.0 Å². The van der Waals surface area contributed by atoms with E-state index in [1.165, 1.54) is 17.4 Å². The van der Waals surface area contributed by atoms with Crippen molar-refractivity contribution in [3.05, 3.63) is 45.1 Å². The minimum Gasteiger partial charge on any atom is -0.399 e. The molecule has 0 aliphatic carbocycles. The number of sulfonamides is 1. The van der Waals surface area contributed by atoms with E-state index in [4.69, 9.17) is 5.73 Å². The number of thiophene rings is 1. The Bertz CT molecular complexity index is 684. The van der Waals surface area contributed by atoms with Gasteiger partial charge < -0.3 is 5.73 Å². The van der Waals surface area contributed by atoms with Crippen LogP contribution in [0.1, 0.15) is 24.3 Å². The SMILES string of the molecule is CCC(NS(=O)(=O)c1ccc(N)cc1Br)c1cccs1. The normalized spacial score (nSPS) is 13.3. The van der Waals surface area contributed by atoms with Gasteiger partial charge in [0.15, 0.2) is 0 Å². The Morgan fingerprint density at radius 3 is 2.70 bits per heavy atom. The molecule has 4 nitrogen and oxygen atoms in total. The number of rotatable bonds is 5. The third-order valence-corrected chi connectivity index (χ3v) is 6.27. The zero-order valence-electron chi connectivity index (χ0n) is 10.8. The van der Waals surface area contributed by atoms with Crippen LogP contribution in [0.5, 0.6) is 0 Å². The summed E-state index contributed by atoms with van der Waals surface area (Å²) in [5.41, 5.74) is 6.15. The van der Waals surface area contributed by atoms with E-state index in [1.54, 1.807) is 12.1 Å². The Morgan fingerprint density at radius 2 is 2.15 bits per heavy atom. The summed E-state index contributed by atoms with van der Waals surface area (Å²) >= 11 is 4.79. The zero-order valence-corrected chi connectivity index (χ0v) is 14.1. The van der Waals surface area contributed by atoms with Crippen LogP contribution in [0.3, 0.4) is 0 Å². The second-order valence-corrected chi connectivity index (χ2v) is 7.80. The predicted octanol–water partition coefficient (Wildman–Crippen LogP) is 3.52. The first-order chi connectivity index (χ1) is 9.44. The van der Waals surface area contributed by atoms with Gasteiger partial charge in [-0.05, 0) is 52.0 Å². The number of anilines is 1. The lowest BCUT2D eigenvalue weighted by Crippen LogP contribution is -2.28. The topological polar surface area (TPSA) is 72.2 Å². The summed E-state index contributed by atoms with van der Waals surface area (Å²) in [4.78, 5) is 1.20. The van der Waals surface area contributed by atoms with Crippen LogP contribution in [-0.4, -0.2) is 8.42 Å². The van der Waals surface area contributed by atoms with Gasteiger partial charge in [-0.25, -0.2) is 13.1 Å². The molecule has 0 amide bonds. The van der Waals surface area contributed by atoms with Crippen molar-refractivity contribution < 1.29 is 8.42 Å². The first-order valence-corrected chi connectivity index (χ1v) is 9.20. The fourth-order valence-corrected chi connectivity index (χ4v) is 5.15. The molecule has 0 aliphatic heterocycles. The van der Waals surface area contributed by atoms with Gasteiger partial charge in [-0.1, -0.05) is 13.0 Å². The van der Waals surface area contributed by atoms with Gasteiger partial charge in [-0.3, -0.25) is 0 Å². The van der Waals surface area contributed by atoms with Crippen LogP contribution >= 0.6 is 27.3 Å². The first kappa shape index (κ1) is 15.5. The largest absolute Gasteiger partial charge is 0.399 e. The summed E-state index contributed by atoms with van der Waals surface area (Å²) in [5.74, 6) is 0. The number of nitrogens with two attached hydrogens (primary N) is 1. The van der Waals surface area contributed by atoms with E-state index < -0.39 is 10.0 Å². The Balaban J connectivity index is 2.31. The van der Waals surface area contributed by atoms with Crippen molar-refractivity contribution in [3.63, 3.8) is 0 Å². The van der Waals surface area contributed by atoms with Gasteiger partial charge in [0.2, 0.25) is 10.0 Å². The molecule has 1 aromatic carbocycles. The van der Waals surface area contributed by atoms with E-state index in [-0.39, 0.29) is 10.9 Å². The Labute approximate surface area is 131 Å². The quantitative estimate of drug-likeness (QED) is 0.786. The summed E-state index contributed by atoms with van der Waals surface area (Å²) in [6.07, 6.45) is 0.687. The molecule has 1 unspecified atom stereocenters. The molecule has 2 aromatic rings. The molecule has 1 heterocycles. The highest BCUT2D eigenvalue weighted by molar-refractivity contribution is 9.10. The van der Waals surface area contributed by atoms with Crippen LogP contribution in [0.15, 0.2) is 45.1 Å². The van der Waals surface area contributed by atoms with E-state index in [9.17, 15) is 8.42 Å². The summed E-state index contributed by atoms with van der Waals surface area (Å²) in [6.45, 7) is 1.95. The average molecular weight is 375 g/mol. The van der Waals surface area contributed by atoms with E-state index in [1.807, 2.05) is 24.4 Å². The van der Waals surface area contributed by atoms with Crippen molar-refractivity contribution in [2.75, 3.05) is 5.73 Å². The Hall–Kier alpha value is -0.890. The number of nitrogen functional groups attached to an aromatic ring is 1. The highest BCUT2D eigenvalue weighted by atomic mass is 79.9. The third-order valence-electron chi connectivity index (χ3n) is 2.84. The molecule has 1 atom stereocenters. The van der Waals surface area contributed by atoms with Gasteiger partial charge in [0.05, 0.1) is 10.9 Å². The molecule has 0 saturated heterocycles. The number of benzene rings is 1. The molecule has 3 N–H and O–H groups in total. The summed E-state index contributed by atoms with van der Waals surface area (Å²) in [7, 11) is -3.59. The first-order valence-electron chi connectivity index (χ1n) is 6.05. The van der Waals surface area contributed by atoms with Crippen molar-refractivity contribution in [2.45, 2.75) is 24.3 Å². The van der Waals surface area contributed by atoms with Crippen LogP contribution in [0.4, 0.5) is 5.69 Å². The summed E-state index contributed by atoms with van der Waals surface area (Å²) in [6, 6.07) is 8.29. The maximum absolute atomic E-state index is 12.5. The van der Waals surface area contributed by atoms with Gasteiger partial charge in [-0.15, -0.1) is 11.3 Å². The molecule has 7 heteroatoms. The highest BCUT2D eigenvalue weighted by Crippen LogP contribution is 2.28. The van der Waals surface area contributed by atoms with Crippen LogP contribution in [0.25, 0.3) is 0 Å². The summed E-state index contributed by atoms with van der Waals surface area (Å²) in [5, 5.41) is 1.94. The third kappa shape index (κ3) is 3.41. The molecule has 0 bridgehead atoms. The van der Waals surface area contributed by atoms with Crippen molar-refractivity contribution in [1.82, 2.24) is 4.72 Å². The second-order valence-electron chi connectivity index (χ2n) is 4.29. The molecule has 0 radical (unpaired) electrons. The zero-order chi connectivity index (χ0) is 14.8. The maximum atomic E-state index is 12.5. The second kappa shape index (κ2) is 6.26. The fourth-order valence-electron chi connectivity index (χ4n) is 1.82. The lowest BCUT2D eigenvalue weighted by Gasteiger charge is -2.16. The molecule has 0 aliphatic rings. The van der Waals surface area contributed by atoms with Crippen LogP contribution in [0.2, 0.25) is 0 Å². The molecule has 20 heavy (non-hydrogen) atoms. The number of hydrogen-bond donors (Lipinski definition) is 2. The number of halogens is 1. The van der Waals surface area contributed by atoms with E-state index >= 15 is 0 Å². The van der Waals surface area contributed by atoms with Crippen LogP contribution in [0, 0.1) is 0 Å².